The maximum absolute atomic E-state index is 14.8. The number of aromatic amines is 1. The van der Waals surface area contributed by atoms with Gasteiger partial charge in [-0.05, 0) is 53.6 Å². The van der Waals surface area contributed by atoms with Gasteiger partial charge in [0.2, 0.25) is 0 Å². The summed E-state index contributed by atoms with van der Waals surface area (Å²) in [4.78, 5) is 11.7. The smallest absolute Gasteiger partial charge is 0.367 e. The van der Waals surface area contributed by atoms with Gasteiger partial charge in [-0.3, -0.25) is 20.3 Å². The topological polar surface area (TPSA) is 147 Å². The number of nitrogens with two attached hydrogens (primary N) is 2. The van der Waals surface area contributed by atoms with Crippen LogP contribution in [0.3, 0.4) is 0 Å². The molecule has 4 aromatic rings. The first-order chi connectivity index (χ1) is 18.8. The van der Waals surface area contributed by atoms with Crippen LogP contribution in [0.2, 0.25) is 10.0 Å². The molecular weight excluding hydrogens is 585 g/mol. The van der Waals surface area contributed by atoms with Crippen molar-refractivity contribution in [2.24, 2.45) is 11.5 Å². The molecule has 1 amide bonds. The lowest BCUT2D eigenvalue weighted by molar-refractivity contribution is -0.143. The third-order valence-corrected chi connectivity index (χ3v) is 7.97. The van der Waals surface area contributed by atoms with Crippen molar-refractivity contribution in [1.29, 1.82) is 0 Å². The number of carbonyl (C=O) groups excluding carboxylic acids is 1. The molecule has 6 N–H and O–H groups in total. The second-order valence-electron chi connectivity index (χ2n) is 8.92. The molecule has 0 spiro atoms. The zero-order valence-electron chi connectivity index (χ0n) is 20.5. The first-order valence-electron chi connectivity index (χ1n) is 11.5. The van der Waals surface area contributed by atoms with Crippen molar-refractivity contribution in [1.82, 2.24) is 10.2 Å². The van der Waals surface area contributed by atoms with Crippen LogP contribution in [-0.4, -0.2) is 30.8 Å². The van der Waals surface area contributed by atoms with Crippen LogP contribution in [0.4, 0.5) is 20.2 Å². The number of carbonyl (C=O) groups is 1. The standard InChI is InChI=1S/C26H20Cl2F2N6O3S/c1-40(38,39)16-4-2-3-13(9-16)14-5-7-18-20(10-14)36(21(12-31)17-8-6-15(27)11-19(17)28)35-23-22(18)33-34-24(23)26(29,30)25(32)37/h2-12,35H,31H2,1H3,(H2,32,37)(H,33,34)/b21-12-. The molecule has 0 aliphatic carbocycles. The number of anilines is 2. The molecule has 0 saturated heterocycles. The first kappa shape index (κ1) is 27.4. The number of H-pyrrole nitrogens is 1. The lowest BCUT2D eigenvalue weighted by Crippen LogP contribution is -2.37. The number of hydrazine groups is 1. The van der Waals surface area contributed by atoms with E-state index in [-0.39, 0.29) is 27.0 Å². The Balaban J connectivity index is 1.74. The van der Waals surface area contributed by atoms with E-state index in [9.17, 15) is 22.0 Å². The van der Waals surface area contributed by atoms with Crippen LogP contribution >= 0.6 is 23.2 Å². The zero-order chi connectivity index (χ0) is 29.0. The number of benzene rings is 3. The number of hydrogen-bond acceptors (Lipinski definition) is 7. The summed E-state index contributed by atoms with van der Waals surface area (Å²) in [7, 11) is -3.48. The number of nitrogens with one attached hydrogen (secondary N) is 2. The van der Waals surface area contributed by atoms with E-state index in [4.69, 9.17) is 34.7 Å². The summed E-state index contributed by atoms with van der Waals surface area (Å²) in [5, 5.41) is 8.28. The molecule has 206 valence electrons. The Morgan fingerprint density at radius 3 is 2.45 bits per heavy atom. The van der Waals surface area contributed by atoms with Crippen LogP contribution in [0.15, 0.2) is 71.8 Å². The fourth-order valence-corrected chi connectivity index (χ4v) is 5.52. The molecule has 5 rings (SSSR count). The number of primary amides is 1. The van der Waals surface area contributed by atoms with Crippen LogP contribution in [0, 0.1) is 0 Å². The first-order valence-corrected chi connectivity index (χ1v) is 14.1. The molecule has 14 heteroatoms. The Kier molecular flexibility index (Phi) is 6.73. The van der Waals surface area contributed by atoms with E-state index in [1.807, 2.05) is 0 Å². The SMILES string of the molecule is CS(=O)(=O)c1cccc(-c2ccc3c(c2)N(/C(=C\N)c2ccc(Cl)cc2Cl)Nc2c-3n[nH]c2C(F)(F)C(N)=O)c1. The molecule has 0 atom stereocenters. The molecule has 3 aromatic carbocycles. The molecule has 0 bridgehead atoms. The second kappa shape index (κ2) is 9.81. The minimum absolute atomic E-state index is 0.0946. The van der Waals surface area contributed by atoms with Crippen LogP contribution in [0.25, 0.3) is 28.1 Å². The molecule has 1 aromatic heterocycles. The molecular formula is C26H20Cl2F2N6O3S. The quantitative estimate of drug-likeness (QED) is 0.238. The predicted octanol–water partition coefficient (Wildman–Crippen LogP) is 5.14. The van der Waals surface area contributed by atoms with Crippen molar-refractivity contribution in [3.63, 3.8) is 0 Å². The van der Waals surface area contributed by atoms with E-state index >= 15 is 0 Å². The van der Waals surface area contributed by atoms with E-state index in [0.717, 1.165) is 6.26 Å². The van der Waals surface area contributed by atoms with E-state index in [1.165, 1.54) is 29.4 Å². The highest BCUT2D eigenvalue weighted by molar-refractivity contribution is 7.90. The monoisotopic (exact) mass is 604 g/mol. The summed E-state index contributed by atoms with van der Waals surface area (Å²) in [6.07, 6.45) is 2.33. The molecule has 0 unspecified atom stereocenters. The highest BCUT2D eigenvalue weighted by Gasteiger charge is 2.46. The molecule has 40 heavy (non-hydrogen) atoms. The van der Waals surface area contributed by atoms with Crippen molar-refractivity contribution in [3.05, 3.63) is 88.2 Å². The zero-order valence-corrected chi connectivity index (χ0v) is 22.9. The Labute approximate surface area is 237 Å². The van der Waals surface area contributed by atoms with Crippen LogP contribution in [0.1, 0.15) is 11.3 Å². The highest BCUT2D eigenvalue weighted by Crippen LogP contribution is 2.48. The summed E-state index contributed by atoms with van der Waals surface area (Å²) in [6.45, 7) is 0. The Morgan fingerprint density at radius 2 is 1.80 bits per heavy atom. The number of aromatic nitrogens is 2. The summed E-state index contributed by atoms with van der Waals surface area (Å²) in [5.74, 6) is -5.94. The lowest BCUT2D eigenvalue weighted by Gasteiger charge is -2.35. The molecule has 2 heterocycles. The van der Waals surface area contributed by atoms with Crippen LogP contribution in [0.5, 0.6) is 0 Å². The average molecular weight is 605 g/mol. The van der Waals surface area contributed by atoms with Gasteiger partial charge in [0.25, 0.3) is 5.91 Å². The van der Waals surface area contributed by atoms with Gasteiger partial charge in [-0.15, -0.1) is 0 Å². The van der Waals surface area contributed by atoms with Crippen molar-refractivity contribution in [3.8, 4) is 22.4 Å². The number of alkyl halides is 2. The Hall–Kier alpha value is -4.13. The van der Waals surface area contributed by atoms with E-state index in [0.29, 0.717) is 33.0 Å². The second-order valence-corrected chi connectivity index (χ2v) is 11.8. The largest absolute Gasteiger partial charge is 0.403 e. The van der Waals surface area contributed by atoms with Crippen molar-refractivity contribution in [2.45, 2.75) is 10.8 Å². The number of nitrogens with zero attached hydrogens (tertiary/aromatic N) is 2. The minimum atomic E-state index is -4.08. The van der Waals surface area contributed by atoms with E-state index in [2.05, 4.69) is 15.6 Å². The van der Waals surface area contributed by atoms with Gasteiger partial charge in [-0.2, -0.15) is 13.9 Å². The van der Waals surface area contributed by atoms with Gasteiger partial charge in [-0.1, -0.05) is 41.4 Å². The summed E-state index contributed by atoms with van der Waals surface area (Å²) in [5.41, 5.74) is 15.6. The lowest BCUT2D eigenvalue weighted by atomic mass is 9.97. The normalized spacial score (nSPS) is 13.4. The van der Waals surface area contributed by atoms with E-state index < -0.39 is 27.4 Å². The van der Waals surface area contributed by atoms with Crippen molar-refractivity contribution in [2.75, 3.05) is 16.7 Å². The molecule has 9 nitrogen and oxygen atoms in total. The third-order valence-electron chi connectivity index (χ3n) is 6.31. The van der Waals surface area contributed by atoms with Gasteiger partial charge in [0, 0.05) is 28.6 Å². The summed E-state index contributed by atoms with van der Waals surface area (Å²) in [6, 6.07) is 16.1. The maximum Gasteiger partial charge on any atom is 0.367 e. The van der Waals surface area contributed by atoms with Gasteiger partial charge >= 0.3 is 5.92 Å². The molecule has 1 aliphatic rings. The maximum atomic E-state index is 14.8. The minimum Gasteiger partial charge on any atom is -0.403 e. The van der Waals surface area contributed by atoms with Crippen molar-refractivity contribution >= 4 is 56.0 Å². The molecule has 0 fully saturated rings. The number of sulfone groups is 1. The Bertz CT molecular complexity index is 1820. The summed E-state index contributed by atoms with van der Waals surface area (Å²) >= 11 is 12.5. The van der Waals surface area contributed by atoms with Crippen LogP contribution in [-0.2, 0) is 20.6 Å². The molecule has 1 aliphatic heterocycles. The molecule has 0 radical (unpaired) electrons. The van der Waals surface area contributed by atoms with Gasteiger partial charge in [0.15, 0.2) is 9.84 Å². The van der Waals surface area contributed by atoms with Gasteiger partial charge in [-0.25, -0.2) is 8.42 Å². The fourth-order valence-electron chi connectivity index (χ4n) is 4.34. The van der Waals surface area contributed by atoms with E-state index in [1.54, 1.807) is 42.5 Å². The number of rotatable bonds is 6. The Morgan fingerprint density at radius 1 is 1.07 bits per heavy atom. The molecule has 0 saturated carbocycles. The van der Waals surface area contributed by atoms with Crippen molar-refractivity contribution < 1.29 is 22.0 Å². The summed E-state index contributed by atoms with van der Waals surface area (Å²) < 4.78 is 53.9. The highest BCUT2D eigenvalue weighted by atomic mass is 35.5. The van der Waals surface area contributed by atoms with Crippen LogP contribution < -0.4 is 21.9 Å². The number of fused-ring (bicyclic) bond motifs is 3. The fraction of sp³-hybridized carbons (Fsp3) is 0.0769. The predicted molar refractivity (Wildman–Crippen MR) is 150 cm³/mol. The number of hydrogen-bond donors (Lipinski definition) is 4. The van der Waals surface area contributed by atoms with Gasteiger partial charge in [0.05, 0.1) is 21.3 Å². The van der Waals surface area contributed by atoms with Gasteiger partial charge in [0.1, 0.15) is 17.1 Å². The number of halogens is 4. The average Bonchev–Trinajstić information content (AvgIpc) is 3.34. The third kappa shape index (κ3) is 4.63. The number of amides is 1. The van der Waals surface area contributed by atoms with Gasteiger partial charge < -0.3 is 11.5 Å².